The second-order valence-electron chi connectivity index (χ2n) is 7.71. The third kappa shape index (κ3) is 5.09. The number of rotatable bonds is 6. The maximum atomic E-state index is 14.2. The lowest BCUT2D eigenvalue weighted by atomic mass is 10.0. The van der Waals surface area contributed by atoms with Gasteiger partial charge in [0.15, 0.2) is 0 Å². The summed E-state index contributed by atoms with van der Waals surface area (Å²) in [5.74, 6) is -0.325. The van der Waals surface area contributed by atoms with Crippen molar-refractivity contribution in [1.82, 2.24) is 10.2 Å². The summed E-state index contributed by atoms with van der Waals surface area (Å²) in [7, 11) is 0. The van der Waals surface area contributed by atoms with Crippen molar-refractivity contribution in [3.8, 4) is 0 Å². The summed E-state index contributed by atoms with van der Waals surface area (Å²) in [6.07, 6.45) is 0. The van der Waals surface area contributed by atoms with E-state index in [0.717, 1.165) is 26.2 Å². The maximum absolute atomic E-state index is 14.2. The van der Waals surface area contributed by atoms with Gasteiger partial charge >= 0.3 is 0 Å². The van der Waals surface area contributed by atoms with Crippen LogP contribution in [0.5, 0.6) is 0 Å². The molecule has 1 aromatic heterocycles. The quantitative estimate of drug-likeness (QED) is 0.551. The van der Waals surface area contributed by atoms with Gasteiger partial charge in [0, 0.05) is 47.7 Å². The van der Waals surface area contributed by atoms with Crippen LogP contribution in [0.3, 0.4) is 0 Å². The van der Waals surface area contributed by atoms with Crippen LogP contribution in [-0.2, 0) is 0 Å². The van der Waals surface area contributed by atoms with E-state index in [1.54, 1.807) is 41.7 Å². The minimum atomic E-state index is -0.187. The molecule has 0 radical (unpaired) electrons. The molecular weight excluding hydrogens is 433 g/mol. The van der Waals surface area contributed by atoms with E-state index in [0.29, 0.717) is 16.3 Å². The van der Waals surface area contributed by atoms with E-state index in [1.807, 2.05) is 25.1 Å². The Bertz CT molecular complexity index is 1020. The van der Waals surface area contributed by atoms with Crippen LogP contribution in [0.2, 0.25) is 5.02 Å². The fourth-order valence-corrected chi connectivity index (χ4v) is 5.30. The highest BCUT2D eigenvalue weighted by Crippen LogP contribution is 2.31. The Morgan fingerprint density at radius 2 is 1.84 bits per heavy atom. The van der Waals surface area contributed by atoms with E-state index in [2.05, 4.69) is 26.6 Å². The number of hydrogen-bond donors (Lipinski definition) is 1. The largest absolute Gasteiger partial charge is 0.367 e. The Balaban J connectivity index is 1.47. The monoisotopic (exact) mass is 457 g/mol. The molecule has 1 saturated heterocycles. The van der Waals surface area contributed by atoms with Crippen molar-refractivity contribution in [1.29, 1.82) is 0 Å². The molecule has 1 aliphatic rings. The summed E-state index contributed by atoms with van der Waals surface area (Å²) in [5, 5.41) is 5.75. The van der Waals surface area contributed by atoms with Gasteiger partial charge in [0.2, 0.25) is 0 Å². The molecule has 162 valence electrons. The van der Waals surface area contributed by atoms with Crippen LogP contribution in [0.1, 0.15) is 28.2 Å². The number of anilines is 1. The molecule has 0 bridgehead atoms. The van der Waals surface area contributed by atoms with Crippen LogP contribution in [0, 0.1) is 5.82 Å². The molecular formula is C24H25ClFN3OS. The van der Waals surface area contributed by atoms with E-state index in [1.165, 1.54) is 10.9 Å². The van der Waals surface area contributed by atoms with Gasteiger partial charge < -0.3 is 10.2 Å². The number of nitrogens with zero attached hydrogens (tertiary/aromatic N) is 2. The van der Waals surface area contributed by atoms with Gasteiger partial charge in [0.1, 0.15) is 5.82 Å². The molecule has 2 aromatic carbocycles. The lowest BCUT2D eigenvalue weighted by Gasteiger charge is -2.42. The average Bonchev–Trinajstić information content (AvgIpc) is 3.29. The standard InChI is InChI=1S/C24H25ClFN3OS/c1-17(27-24(30)18-6-4-7-19(25)16-18)23(22-10-5-15-31-22)29-13-11-28(12-14-29)21-9-3-2-8-20(21)26/h2-10,15-17,23H,11-14H2,1H3,(H,27,30). The molecule has 0 spiro atoms. The Kier molecular flexibility index (Phi) is 6.90. The number of amides is 1. The number of hydrogen-bond acceptors (Lipinski definition) is 4. The fraction of sp³-hybridized carbons (Fsp3) is 0.292. The summed E-state index contributed by atoms with van der Waals surface area (Å²) in [5.41, 5.74) is 1.20. The van der Waals surface area contributed by atoms with Gasteiger partial charge in [-0.3, -0.25) is 9.69 Å². The topological polar surface area (TPSA) is 35.6 Å². The molecule has 1 fully saturated rings. The third-order valence-corrected chi connectivity index (χ3v) is 6.83. The molecule has 0 aliphatic carbocycles. The second kappa shape index (κ2) is 9.81. The first-order valence-electron chi connectivity index (χ1n) is 10.4. The first-order chi connectivity index (χ1) is 15.0. The maximum Gasteiger partial charge on any atom is 0.251 e. The number of para-hydroxylation sites is 1. The zero-order valence-electron chi connectivity index (χ0n) is 17.3. The third-order valence-electron chi connectivity index (χ3n) is 5.65. The molecule has 7 heteroatoms. The first-order valence-corrected chi connectivity index (χ1v) is 11.6. The van der Waals surface area contributed by atoms with Crippen molar-refractivity contribution in [3.05, 3.63) is 87.3 Å². The lowest BCUT2D eigenvalue weighted by Crippen LogP contribution is -2.52. The number of benzene rings is 2. The van der Waals surface area contributed by atoms with E-state index < -0.39 is 0 Å². The minimum absolute atomic E-state index is 0.0471. The van der Waals surface area contributed by atoms with Gasteiger partial charge in [-0.2, -0.15) is 0 Å². The zero-order chi connectivity index (χ0) is 21.8. The van der Waals surface area contributed by atoms with Crippen molar-refractivity contribution in [2.24, 2.45) is 0 Å². The number of halogens is 2. The molecule has 2 atom stereocenters. The van der Waals surface area contributed by atoms with E-state index in [-0.39, 0.29) is 23.8 Å². The van der Waals surface area contributed by atoms with Crippen molar-refractivity contribution in [2.45, 2.75) is 19.0 Å². The molecule has 4 nitrogen and oxygen atoms in total. The summed E-state index contributed by atoms with van der Waals surface area (Å²) >= 11 is 7.74. The lowest BCUT2D eigenvalue weighted by molar-refractivity contribution is 0.0890. The van der Waals surface area contributed by atoms with Crippen molar-refractivity contribution < 1.29 is 9.18 Å². The highest BCUT2D eigenvalue weighted by Gasteiger charge is 2.31. The normalized spacial score (nSPS) is 16.7. The highest BCUT2D eigenvalue weighted by molar-refractivity contribution is 7.10. The Morgan fingerprint density at radius 1 is 1.06 bits per heavy atom. The van der Waals surface area contributed by atoms with Crippen molar-refractivity contribution in [2.75, 3.05) is 31.1 Å². The number of thiophene rings is 1. The molecule has 3 aromatic rings. The molecule has 0 saturated carbocycles. The van der Waals surface area contributed by atoms with Gasteiger partial charge in [-0.1, -0.05) is 35.9 Å². The molecule has 2 unspecified atom stereocenters. The smallest absolute Gasteiger partial charge is 0.251 e. The number of carbonyl (C=O) groups excluding carboxylic acids is 1. The summed E-state index contributed by atoms with van der Waals surface area (Å²) in [6, 6.07) is 18.0. The predicted molar refractivity (Wildman–Crippen MR) is 126 cm³/mol. The summed E-state index contributed by atoms with van der Waals surface area (Å²) in [6.45, 7) is 5.08. The Morgan fingerprint density at radius 3 is 2.52 bits per heavy atom. The van der Waals surface area contributed by atoms with Crippen LogP contribution < -0.4 is 10.2 Å². The molecule has 1 N–H and O–H groups in total. The van der Waals surface area contributed by atoms with E-state index in [9.17, 15) is 9.18 Å². The second-order valence-corrected chi connectivity index (χ2v) is 9.12. The molecule has 1 amide bonds. The molecule has 4 rings (SSSR count). The van der Waals surface area contributed by atoms with Gasteiger partial charge in [-0.25, -0.2) is 4.39 Å². The van der Waals surface area contributed by atoms with Crippen molar-refractivity contribution >= 4 is 34.5 Å². The predicted octanol–water partition coefficient (Wildman–Crippen LogP) is 5.22. The molecule has 31 heavy (non-hydrogen) atoms. The number of nitrogens with one attached hydrogen (secondary N) is 1. The SMILES string of the molecule is CC(NC(=O)c1cccc(Cl)c1)C(c1cccs1)N1CCN(c2ccccc2F)CC1. The van der Waals surface area contributed by atoms with Crippen LogP contribution in [0.25, 0.3) is 0 Å². The zero-order valence-corrected chi connectivity index (χ0v) is 18.9. The Labute approximate surface area is 191 Å². The number of carbonyl (C=O) groups is 1. The average molecular weight is 458 g/mol. The van der Waals surface area contributed by atoms with Gasteiger partial charge in [0.25, 0.3) is 5.91 Å². The summed E-state index contributed by atoms with van der Waals surface area (Å²) in [4.78, 5) is 18.5. The van der Waals surface area contributed by atoms with Crippen LogP contribution in [0.4, 0.5) is 10.1 Å². The highest BCUT2D eigenvalue weighted by atomic mass is 35.5. The first kappa shape index (κ1) is 21.8. The van der Waals surface area contributed by atoms with Crippen molar-refractivity contribution in [3.63, 3.8) is 0 Å². The Hall–Kier alpha value is -2.41. The molecule has 2 heterocycles. The van der Waals surface area contributed by atoms with Crippen LogP contribution >= 0.6 is 22.9 Å². The van der Waals surface area contributed by atoms with Gasteiger partial charge in [-0.15, -0.1) is 11.3 Å². The van der Waals surface area contributed by atoms with Crippen LogP contribution in [-0.4, -0.2) is 43.0 Å². The van der Waals surface area contributed by atoms with Crippen LogP contribution in [0.15, 0.2) is 66.0 Å². The van der Waals surface area contributed by atoms with Gasteiger partial charge in [0.05, 0.1) is 11.7 Å². The molecule has 1 aliphatic heterocycles. The van der Waals surface area contributed by atoms with E-state index in [4.69, 9.17) is 11.6 Å². The van der Waals surface area contributed by atoms with Gasteiger partial charge in [-0.05, 0) is 48.7 Å². The summed E-state index contributed by atoms with van der Waals surface area (Å²) < 4.78 is 14.2. The fourth-order valence-electron chi connectivity index (χ4n) is 4.15. The minimum Gasteiger partial charge on any atom is -0.367 e. The number of piperazine rings is 1. The van der Waals surface area contributed by atoms with E-state index >= 15 is 0 Å².